The number of carbonyl (C=O) groups excluding carboxylic acids is 4. The van der Waals surface area contributed by atoms with E-state index in [0.29, 0.717) is 53.3 Å². The number of aryl methyl sites for hydroxylation is 1. The molecule has 0 unspecified atom stereocenters. The number of amides is 2. The number of alkyl carbamates (subject to hydrolysis) is 1. The maximum atomic E-state index is 14.6. The van der Waals surface area contributed by atoms with Crippen LogP contribution in [-0.4, -0.2) is 54.5 Å². The number of allylic oxidation sites excluding steroid dienone is 4. The van der Waals surface area contributed by atoms with Gasteiger partial charge in [0.05, 0.1) is 18.1 Å². The molecule has 1 aliphatic carbocycles. The van der Waals surface area contributed by atoms with Crippen LogP contribution in [0.3, 0.4) is 0 Å². The lowest BCUT2D eigenvalue weighted by Gasteiger charge is -2.38. The Balaban J connectivity index is 1.60. The molecular weight excluding hydrogens is 678 g/mol. The van der Waals surface area contributed by atoms with Crippen molar-refractivity contribution in [3.63, 3.8) is 0 Å². The molecule has 12 heteroatoms. The Bertz CT molecular complexity index is 1690. The number of benzene rings is 2. The number of Topliss-reactive ketones (excluding diaryl/α,β-unsaturated/α-hetero) is 1. The van der Waals surface area contributed by atoms with Gasteiger partial charge in [0.25, 0.3) is 5.91 Å². The summed E-state index contributed by atoms with van der Waals surface area (Å²) in [6, 6.07) is 11.4. The van der Waals surface area contributed by atoms with Crippen LogP contribution in [0.25, 0.3) is 0 Å². The zero-order valence-corrected chi connectivity index (χ0v) is 31.0. The topological polar surface area (TPSA) is 132 Å². The number of methoxy groups -OCH3 is 1. The normalized spacial score (nSPS) is 16.3. The van der Waals surface area contributed by atoms with Gasteiger partial charge in [0.1, 0.15) is 28.3 Å². The maximum absolute atomic E-state index is 14.6. The number of thioether (sulfide) groups is 1. The first-order valence-corrected chi connectivity index (χ1v) is 18.4. The minimum atomic E-state index is -0.972. The lowest BCUT2D eigenvalue weighted by Crippen LogP contribution is -2.44. The van der Waals surface area contributed by atoms with Crippen LogP contribution in [0.5, 0.6) is 5.75 Å². The van der Waals surface area contributed by atoms with Crippen molar-refractivity contribution in [1.82, 2.24) is 10.6 Å². The third-order valence-corrected chi connectivity index (χ3v) is 9.34. The fourth-order valence-corrected chi connectivity index (χ4v) is 6.70. The molecular formula is C38H46ClN3O7S. The molecule has 50 heavy (non-hydrogen) atoms. The number of hydrogen-bond donors (Lipinski definition) is 3. The zero-order chi connectivity index (χ0) is 36.5. The van der Waals surface area contributed by atoms with Gasteiger partial charge in [0.15, 0.2) is 5.78 Å². The van der Waals surface area contributed by atoms with E-state index < -0.39 is 29.1 Å². The summed E-state index contributed by atoms with van der Waals surface area (Å²) in [5.74, 6) is -0.00479. The Morgan fingerprint density at radius 2 is 1.74 bits per heavy atom. The molecule has 0 spiro atoms. The summed E-state index contributed by atoms with van der Waals surface area (Å²) in [7, 11) is 1.49. The van der Waals surface area contributed by atoms with Crippen molar-refractivity contribution in [2.75, 3.05) is 24.4 Å². The van der Waals surface area contributed by atoms with Crippen LogP contribution in [-0.2, 0) is 14.3 Å². The quantitative estimate of drug-likeness (QED) is 0.113. The molecule has 0 radical (unpaired) electrons. The van der Waals surface area contributed by atoms with Crippen molar-refractivity contribution in [1.29, 1.82) is 0 Å². The smallest absolute Gasteiger partial charge is 0.408 e. The van der Waals surface area contributed by atoms with Crippen molar-refractivity contribution < 1.29 is 33.4 Å². The summed E-state index contributed by atoms with van der Waals surface area (Å²) < 4.78 is 16.8. The molecule has 2 aromatic carbocycles. The van der Waals surface area contributed by atoms with Crippen LogP contribution in [0.15, 0.2) is 77.3 Å². The van der Waals surface area contributed by atoms with Crippen LogP contribution < -0.4 is 20.7 Å². The van der Waals surface area contributed by atoms with E-state index in [4.69, 9.17) is 25.8 Å². The third-order valence-electron chi connectivity index (χ3n) is 8.49. The fraction of sp³-hybridized carbons (Fsp3) is 0.421. The first-order valence-electron chi connectivity index (χ1n) is 16.6. The molecule has 4 rings (SSSR count). The molecule has 2 aliphatic rings. The standard InChI is InChI=1S/C38H46ClN3O7S/c1-24-12-8-9-13-27(24)34(44)40-25-14-16-28(30(22-25)47-5)33(43)38(19-10-7-11-20-38)31-17-15-26(23-32(39)42-31)48-35(45)29(18-21-50-6)41-36(46)49-37(2,3)4/h8-9,12-17,22-23,29,42H,7,10-11,18-21H2,1-6H3,(H,40,44)(H,41,46)/t29-/m0/s1. The fourth-order valence-electron chi connectivity index (χ4n) is 6.02. The summed E-state index contributed by atoms with van der Waals surface area (Å²) in [4.78, 5) is 53.3. The molecule has 2 aromatic rings. The highest BCUT2D eigenvalue weighted by Crippen LogP contribution is 2.46. The number of carbonyl (C=O) groups is 4. The zero-order valence-electron chi connectivity index (χ0n) is 29.4. The highest BCUT2D eigenvalue weighted by molar-refractivity contribution is 7.98. The van der Waals surface area contributed by atoms with E-state index in [9.17, 15) is 19.2 Å². The lowest BCUT2D eigenvalue weighted by molar-refractivity contribution is -0.141. The largest absolute Gasteiger partial charge is 0.496 e. The van der Waals surface area contributed by atoms with Gasteiger partial charge < -0.3 is 30.2 Å². The van der Waals surface area contributed by atoms with Gasteiger partial charge in [-0.3, -0.25) is 9.59 Å². The number of ketones is 1. The van der Waals surface area contributed by atoms with E-state index >= 15 is 0 Å². The summed E-state index contributed by atoms with van der Waals surface area (Å²) in [5.41, 5.74) is 1.13. The van der Waals surface area contributed by atoms with Gasteiger partial charge in [0, 0.05) is 29.1 Å². The Morgan fingerprint density at radius 1 is 1.02 bits per heavy atom. The Labute approximate surface area is 303 Å². The molecule has 2 amide bonds. The second-order valence-electron chi connectivity index (χ2n) is 13.3. The predicted octanol–water partition coefficient (Wildman–Crippen LogP) is 8.03. The number of esters is 1. The average Bonchev–Trinajstić information content (AvgIpc) is 3.26. The van der Waals surface area contributed by atoms with Crippen LogP contribution >= 0.6 is 23.4 Å². The molecule has 1 heterocycles. The Hall–Kier alpha value is -4.22. The van der Waals surface area contributed by atoms with E-state index in [1.807, 2.05) is 25.3 Å². The molecule has 1 fully saturated rings. The van der Waals surface area contributed by atoms with Gasteiger partial charge in [-0.25, -0.2) is 9.59 Å². The molecule has 1 atom stereocenters. The molecule has 10 nitrogen and oxygen atoms in total. The first-order chi connectivity index (χ1) is 23.8. The number of rotatable bonds is 12. The van der Waals surface area contributed by atoms with Gasteiger partial charge in [-0.05, 0) is 94.9 Å². The maximum Gasteiger partial charge on any atom is 0.408 e. The minimum Gasteiger partial charge on any atom is -0.496 e. The van der Waals surface area contributed by atoms with Crippen LogP contribution in [0, 0.1) is 12.3 Å². The predicted molar refractivity (Wildman–Crippen MR) is 197 cm³/mol. The van der Waals surface area contributed by atoms with Crippen molar-refractivity contribution in [2.24, 2.45) is 5.41 Å². The Morgan fingerprint density at radius 3 is 2.40 bits per heavy atom. The van der Waals surface area contributed by atoms with Crippen molar-refractivity contribution in [3.05, 3.63) is 94.0 Å². The lowest BCUT2D eigenvalue weighted by atomic mass is 9.67. The van der Waals surface area contributed by atoms with Crippen molar-refractivity contribution in [3.8, 4) is 5.75 Å². The third kappa shape index (κ3) is 9.94. The summed E-state index contributed by atoms with van der Waals surface area (Å²) >= 11 is 8.18. The number of hydrogen-bond acceptors (Lipinski definition) is 9. The molecule has 1 saturated carbocycles. The van der Waals surface area contributed by atoms with E-state index in [1.165, 1.54) is 24.9 Å². The summed E-state index contributed by atoms with van der Waals surface area (Å²) in [6.07, 6.45) is 10.0. The number of nitrogens with one attached hydrogen (secondary N) is 3. The SMILES string of the molecule is COc1cc(NC(=O)c2ccccc2C)ccc1C(=O)C1(C2=CC=C(OC(=O)[C@H](CCSC)NC(=O)OC(C)(C)C)C=C(Cl)N2)CCCCC1. The molecule has 0 aromatic heterocycles. The van der Waals surface area contributed by atoms with Gasteiger partial charge in [-0.15, -0.1) is 0 Å². The van der Waals surface area contributed by atoms with Gasteiger partial charge in [-0.1, -0.05) is 49.1 Å². The highest BCUT2D eigenvalue weighted by Gasteiger charge is 2.44. The minimum absolute atomic E-state index is 0.146. The molecule has 0 saturated heterocycles. The molecule has 1 aliphatic heterocycles. The van der Waals surface area contributed by atoms with Crippen LogP contribution in [0.2, 0.25) is 0 Å². The molecule has 0 bridgehead atoms. The van der Waals surface area contributed by atoms with Gasteiger partial charge in [0.2, 0.25) is 0 Å². The second kappa shape index (κ2) is 17.1. The van der Waals surface area contributed by atoms with E-state index in [1.54, 1.807) is 63.3 Å². The molecule has 268 valence electrons. The summed E-state index contributed by atoms with van der Waals surface area (Å²) in [6.45, 7) is 7.09. The average molecular weight is 724 g/mol. The number of anilines is 1. The Kier molecular flexibility index (Phi) is 13.2. The molecule has 3 N–H and O–H groups in total. The number of ether oxygens (including phenoxy) is 3. The summed E-state index contributed by atoms with van der Waals surface area (Å²) in [5, 5.41) is 8.88. The van der Waals surface area contributed by atoms with Crippen LogP contribution in [0.4, 0.5) is 10.5 Å². The highest BCUT2D eigenvalue weighted by atomic mass is 35.5. The van der Waals surface area contributed by atoms with Gasteiger partial charge in [-0.2, -0.15) is 11.8 Å². The monoisotopic (exact) mass is 723 g/mol. The van der Waals surface area contributed by atoms with E-state index in [2.05, 4.69) is 16.0 Å². The van der Waals surface area contributed by atoms with E-state index in [0.717, 1.165) is 24.8 Å². The van der Waals surface area contributed by atoms with Gasteiger partial charge >= 0.3 is 12.1 Å². The van der Waals surface area contributed by atoms with Crippen molar-refractivity contribution >= 4 is 52.8 Å². The van der Waals surface area contributed by atoms with Crippen molar-refractivity contribution in [2.45, 2.75) is 77.9 Å². The first kappa shape index (κ1) is 38.6. The van der Waals surface area contributed by atoms with Crippen LogP contribution in [0.1, 0.15) is 85.6 Å². The number of halogens is 1. The van der Waals surface area contributed by atoms with E-state index in [-0.39, 0.29) is 22.6 Å². The second-order valence-corrected chi connectivity index (χ2v) is 14.7.